The Hall–Kier alpha value is -0.950. The first-order valence-corrected chi connectivity index (χ1v) is 7.63. The van der Waals surface area contributed by atoms with E-state index in [0.29, 0.717) is 18.5 Å². The van der Waals surface area contributed by atoms with Gasteiger partial charge in [0, 0.05) is 11.9 Å². The van der Waals surface area contributed by atoms with Crippen molar-refractivity contribution in [1.29, 1.82) is 0 Å². The summed E-state index contributed by atoms with van der Waals surface area (Å²) in [6, 6.07) is 0. The minimum Gasteiger partial charge on any atom is -0.349 e. The van der Waals surface area contributed by atoms with Gasteiger partial charge in [-0.25, -0.2) is 13.4 Å². The van der Waals surface area contributed by atoms with Gasteiger partial charge in [-0.15, -0.1) is 11.3 Å². The van der Waals surface area contributed by atoms with Gasteiger partial charge < -0.3 is 5.32 Å². The molecule has 1 fully saturated rings. The number of sulfone groups is 1. The molecule has 1 N–H and O–H groups in total. The van der Waals surface area contributed by atoms with Crippen LogP contribution in [-0.2, 0) is 9.84 Å². The molecule has 1 atom stereocenters. The van der Waals surface area contributed by atoms with Crippen LogP contribution >= 0.6 is 11.3 Å². The molecule has 2 heterocycles. The van der Waals surface area contributed by atoms with Crippen molar-refractivity contribution in [3.8, 4) is 0 Å². The largest absolute Gasteiger partial charge is 0.349 e. The van der Waals surface area contributed by atoms with E-state index >= 15 is 0 Å². The van der Waals surface area contributed by atoms with E-state index in [9.17, 15) is 13.2 Å². The molecular formula is C9H12N2O3S2. The fraction of sp³-hybridized carbons (Fsp3) is 0.556. The van der Waals surface area contributed by atoms with E-state index in [1.54, 1.807) is 10.9 Å². The topological polar surface area (TPSA) is 76.1 Å². The summed E-state index contributed by atoms with van der Waals surface area (Å²) >= 11 is 1.34. The first-order valence-electron chi connectivity index (χ1n) is 4.97. The van der Waals surface area contributed by atoms with E-state index in [0.717, 1.165) is 0 Å². The second-order valence-electron chi connectivity index (χ2n) is 3.71. The third-order valence-corrected chi connectivity index (χ3v) is 5.48. The first kappa shape index (κ1) is 11.5. The van der Waals surface area contributed by atoms with Gasteiger partial charge in [-0.2, -0.15) is 0 Å². The standard InChI is InChI=1S/C9H12N2O3S2/c12-9(8-5-15-6-11-8)10-4-7-2-1-3-16(7,13)14/h5-7H,1-4H2,(H,10,12). The minimum absolute atomic E-state index is 0.193. The molecule has 0 bridgehead atoms. The van der Waals surface area contributed by atoms with Crippen LogP contribution in [0.2, 0.25) is 0 Å². The smallest absolute Gasteiger partial charge is 0.270 e. The molecule has 0 spiro atoms. The minimum atomic E-state index is -2.98. The van der Waals surface area contributed by atoms with Gasteiger partial charge in [0.25, 0.3) is 5.91 Å². The van der Waals surface area contributed by atoms with Crippen LogP contribution in [0, 0.1) is 0 Å². The highest BCUT2D eigenvalue weighted by Crippen LogP contribution is 2.19. The molecule has 5 nitrogen and oxygen atoms in total. The molecule has 2 rings (SSSR count). The summed E-state index contributed by atoms with van der Waals surface area (Å²) in [5.41, 5.74) is 1.92. The molecule has 1 amide bonds. The van der Waals surface area contributed by atoms with Crippen LogP contribution < -0.4 is 5.32 Å². The molecule has 88 valence electrons. The monoisotopic (exact) mass is 260 g/mol. The summed E-state index contributed by atoms with van der Waals surface area (Å²) in [7, 11) is -2.98. The molecule has 1 aliphatic rings. The predicted octanol–water partition coefficient (Wildman–Crippen LogP) is 0.450. The summed E-state index contributed by atoms with van der Waals surface area (Å²) in [5, 5.41) is 3.82. The molecule has 1 saturated heterocycles. The van der Waals surface area contributed by atoms with Gasteiger partial charge in [-0.05, 0) is 12.8 Å². The van der Waals surface area contributed by atoms with Crippen molar-refractivity contribution in [3.05, 3.63) is 16.6 Å². The van der Waals surface area contributed by atoms with Crippen molar-refractivity contribution in [1.82, 2.24) is 10.3 Å². The lowest BCUT2D eigenvalue weighted by Gasteiger charge is -2.09. The Kier molecular flexibility index (Phi) is 3.25. The fourth-order valence-electron chi connectivity index (χ4n) is 1.71. The molecule has 0 radical (unpaired) electrons. The second-order valence-corrected chi connectivity index (χ2v) is 6.83. The highest BCUT2D eigenvalue weighted by Gasteiger charge is 2.31. The molecule has 1 aromatic heterocycles. The predicted molar refractivity (Wildman–Crippen MR) is 61.3 cm³/mol. The zero-order valence-electron chi connectivity index (χ0n) is 8.55. The highest BCUT2D eigenvalue weighted by atomic mass is 32.2. The summed E-state index contributed by atoms with van der Waals surface area (Å²) in [5.74, 6) is -0.0621. The number of thiazole rings is 1. The Labute approximate surface area is 97.8 Å². The van der Waals surface area contributed by atoms with Gasteiger partial charge in [-0.3, -0.25) is 4.79 Å². The van der Waals surface area contributed by atoms with E-state index < -0.39 is 15.1 Å². The van der Waals surface area contributed by atoms with E-state index in [1.165, 1.54) is 11.3 Å². The number of carbonyl (C=O) groups is 1. The van der Waals surface area contributed by atoms with E-state index in [2.05, 4.69) is 10.3 Å². The first-order chi connectivity index (χ1) is 7.59. The number of nitrogens with one attached hydrogen (secondary N) is 1. The summed E-state index contributed by atoms with van der Waals surface area (Å²) in [6.45, 7) is 0.193. The lowest BCUT2D eigenvalue weighted by Crippen LogP contribution is -2.34. The third kappa shape index (κ3) is 2.41. The summed E-state index contributed by atoms with van der Waals surface area (Å²) < 4.78 is 23.0. The normalized spacial score (nSPS) is 23.1. The maximum Gasteiger partial charge on any atom is 0.270 e. The summed E-state index contributed by atoms with van der Waals surface area (Å²) in [4.78, 5) is 15.4. The quantitative estimate of drug-likeness (QED) is 0.856. The molecule has 1 aliphatic heterocycles. The fourth-order valence-corrected chi connectivity index (χ4v) is 4.01. The Morgan fingerprint density at radius 2 is 2.44 bits per heavy atom. The van der Waals surface area contributed by atoms with E-state index in [4.69, 9.17) is 0 Å². The zero-order chi connectivity index (χ0) is 11.6. The van der Waals surface area contributed by atoms with Gasteiger partial charge in [0.15, 0.2) is 9.84 Å². The van der Waals surface area contributed by atoms with Crippen molar-refractivity contribution in [2.45, 2.75) is 18.1 Å². The van der Waals surface area contributed by atoms with Gasteiger partial charge in [0.1, 0.15) is 5.69 Å². The highest BCUT2D eigenvalue weighted by molar-refractivity contribution is 7.92. The Morgan fingerprint density at radius 3 is 3.00 bits per heavy atom. The maximum absolute atomic E-state index is 11.5. The van der Waals surface area contributed by atoms with Crippen LogP contribution in [0.4, 0.5) is 0 Å². The van der Waals surface area contributed by atoms with E-state index in [-0.39, 0.29) is 18.2 Å². The number of aromatic nitrogens is 1. The Balaban J connectivity index is 1.91. The average molecular weight is 260 g/mol. The Morgan fingerprint density at radius 1 is 1.62 bits per heavy atom. The van der Waals surface area contributed by atoms with Crippen LogP contribution in [0.5, 0.6) is 0 Å². The number of hydrogen-bond acceptors (Lipinski definition) is 5. The van der Waals surface area contributed by atoms with Crippen LogP contribution in [0.1, 0.15) is 23.3 Å². The summed E-state index contributed by atoms with van der Waals surface area (Å²) in [6.07, 6.45) is 1.33. The van der Waals surface area contributed by atoms with Gasteiger partial charge in [0.2, 0.25) is 0 Å². The number of carbonyl (C=O) groups excluding carboxylic acids is 1. The molecule has 1 unspecified atom stereocenters. The average Bonchev–Trinajstić information content (AvgIpc) is 2.83. The number of hydrogen-bond donors (Lipinski definition) is 1. The SMILES string of the molecule is O=C(NCC1CCCS1(=O)=O)c1cscn1. The molecule has 1 aromatic rings. The number of nitrogens with zero attached hydrogens (tertiary/aromatic N) is 1. The lowest BCUT2D eigenvalue weighted by atomic mass is 10.2. The van der Waals surface area contributed by atoms with Crippen molar-refractivity contribution in [2.24, 2.45) is 0 Å². The molecule has 16 heavy (non-hydrogen) atoms. The lowest BCUT2D eigenvalue weighted by molar-refractivity contribution is 0.0949. The molecular weight excluding hydrogens is 248 g/mol. The molecule has 0 saturated carbocycles. The Bertz CT molecular complexity index is 467. The molecule has 7 heteroatoms. The number of amides is 1. The maximum atomic E-state index is 11.5. The van der Waals surface area contributed by atoms with Crippen molar-refractivity contribution >= 4 is 27.1 Å². The van der Waals surface area contributed by atoms with Crippen molar-refractivity contribution in [3.63, 3.8) is 0 Å². The molecule has 0 aliphatic carbocycles. The van der Waals surface area contributed by atoms with Gasteiger partial charge in [-0.1, -0.05) is 0 Å². The van der Waals surface area contributed by atoms with Gasteiger partial charge >= 0.3 is 0 Å². The van der Waals surface area contributed by atoms with Crippen molar-refractivity contribution in [2.75, 3.05) is 12.3 Å². The third-order valence-electron chi connectivity index (χ3n) is 2.62. The van der Waals surface area contributed by atoms with E-state index in [1.807, 2.05) is 0 Å². The second kappa shape index (κ2) is 4.50. The van der Waals surface area contributed by atoms with Gasteiger partial charge in [0.05, 0.1) is 16.5 Å². The van der Waals surface area contributed by atoms with Crippen molar-refractivity contribution < 1.29 is 13.2 Å². The zero-order valence-corrected chi connectivity index (χ0v) is 10.2. The number of rotatable bonds is 3. The molecule has 0 aromatic carbocycles. The van der Waals surface area contributed by atoms with Crippen LogP contribution in [0.15, 0.2) is 10.9 Å². The van der Waals surface area contributed by atoms with Crippen LogP contribution in [0.3, 0.4) is 0 Å². The van der Waals surface area contributed by atoms with Crippen LogP contribution in [0.25, 0.3) is 0 Å². The van der Waals surface area contributed by atoms with Crippen LogP contribution in [-0.4, -0.2) is 36.9 Å².